The maximum absolute atomic E-state index is 12.7. The van der Waals surface area contributed by atoms with Crippen molar-refractivity contribution in [2.75, 3.05) is 18.1 Å². The SMILES string of the molecule is CCN(C(=O)OCc1ccccc1)C1(C(=O)O)CSCCC1(C)C. The van der Waals surface area contributed by atoms with Crippen LogP contribution in [0.25, 0.3) is 0 Å². The third-order valence-corrected chi connectivity index (χ3v) is 5.97. The number of thioether (sulfide) groups is 1. The van der Waals surface area contributed by atoms with Crippen molar-refractivity contribution >= 4 is 23.8 Å². The molecule has 1 aromatic rings. The molecule has 1 atom stereocenters. The molecule has 0 bridgehead atoms. The monoisotopic (exact) mass is 351 g/mol. The Morgan fingerprint density at radius 2 is 1.96 bits per heavy atom. The van der Waals surface area contributed by atoms with Crippen molar-refractivity contribution in [2.45, 2.75) is 39.3 Å². The molecule has 6 heteroatoms. The molecule has 0 radical (unpaired) electrons. The van der Waals surface area contributed by atoms with Crippen LogP contribution < -0.4 is 0 Å². The van der Waals surface area contributed by atoms with Crippen LogP contribution in [0.5, 0.6) is 0 Å². The number of carbonyl (C=O) groups excluding carboxylic acids is 1. The fourth-order valence-electron chi connectivity index (χ4n) is 3.21. The number of aliphatic carboxylic acids is 1. The maximum atomic E-state index is 12.7. The Labute approximate surface area is 147 Å². The molecule has 1 unspecified atom stereocenters. The maximum Gasteiger partial charge on any atom is 0.411 e. The zero-order chi connectivity index (χ0) is 17.8. The van der Waals surface area contributed by atoms with Gasteiger partial charge in [-0.2, -0.15) is 11.8 Å². The smallest absolute Gasteiger partial charge is 0.411 e. The second-order valence-electron chi connectivity index (χ2n) is 6.64. The van der Waals surface area contributed by atoms with Crippen LogP contribution in [0.15, 0.2) is 30.3 Å². The fourth-order valence-corrected chi connectivity index (χ4v) is 4.98. The first kappa shape index (κ1) is 18.6. The molecule has 0 saturated carbocycles. The van der Waals surface area contributed by atoms with E-state index >= 15 is 0 Å². The quantitative estimate of drug-likeness (QED) is 0.877. The molecule has 1 N–H and O–H groups in total. The molecule has 0 aliphatic carbocycles. The third kappa shape index (κ3) is 3.38. The van der Waals surface area contributed by atoms with Gasteiger partial charge in [0, 0.05) is 17.7 Å². The van der Waals surface area contributed by atoms with Gasteiger partial charge in [0.25, 0.3) is 0 Å². The molecule has 1 heterocycles. The number of rotatable bonds is 5. The summed E-state index contributed by atoms with van der Waals surface area (Å²) < 4.78 is 5.42. The molecule has 1 aliphatic rings. The number of hydrogen-bond acceptors (Lipinski definition) is 4. The lowest BCUT2D eigenvalue weighted by molar-refractivity contribution is -0.157. The molecule has 0 spiro atoms. The van der Waals surface area contributed by atoms with E-state index in [1.54, 1.807) is 18.7 Å². The largest absolute Gasteiger partial charge is 0.479 e. The van der Waals surface area contributed by atoms with Crippen molar-refractivity contribution < 1.29 is 19.4 Å². The van der Waals surface area contributed by atoms with Crippen molar-refractivity contribution in [3.8, 4) is 0 Å². The summed E-state index contributed by atoms with van der Waals surface area (Å²) in [7, 11) is 0. The lowest BCUT2D eigenvalue weighted by atomic mass is 9.69. The highest BCUT2D eigenvalue weighted by molar-refractivity contribution is 7.99. The number of hydrogen-bond donors (Lipinski definition) is 1. The van der Waals surface area contributed by atoms with Crippen LogP contribution in [0, 0.1) is 5.41 Å². The van der Waals surface area contributed by atoms with Crippen molar-refractivity contribution in [1.29, 1.82) is 0 Å². The summed E-state index contributed by atoms with van der Waals surface area (Å²) in [5, 5.41) is 10.00. The second kappa shape index (κ2) is 7.47. The number of carboxylic acid groups (broad SMARTS) is 1. The lowest BCUT2D eigenvalue weighted by Crippen LogP contribution is -2.68. The highest BCUT2D eigenvalue weighted by atomic mass is 32.2. The standard InChI is InChI=1S/C18H25NO4S/c1-4-19(16(22)23-12-14-8-6-5-7-9-14)18(15(20)21)13-24-11-10-17(18,2)3/h5-9H,4,10-13H2,1-3H3,(H,20,21). The molecule has 0 aromatic heterocycles. The Hall–Kier alpha value is -1.69. The summed E-state index contributed by atoms with van der Waals surface area (Å²) in [4.78, 5) is 26.3. The van der Waals surface area contributed by atoms with Gasteiger partial charge in [-0.25, -0.2) is 9.59 Å². The summed E-state index contributed by atoms with van der Waals surface area (Å²) in [5.74, 6) is 0.320. The van der Waals surface area contributed by atoms with Crippen molar-refractivity contribution in [3.05, 3.63) is 35.9 Å². The van der Waals surface area contributed by atoms with Crippen LogP contribution >= 0.6 is 11.8 Å². The minimum absolute atomic E-state index is 0.138. The first-order valence-corrected chi connectivity index (χ1v) is 9.30. The number of benzene rings is 1. The highest BCUT2D eigenvalue weighted by Crippen LogP contribution is 2.46. The van der Waals surface area contributed by atoms with Crippen LogP contribution in [-0.4, -0.2) is 45.7 Å². The van der Waals surface area contributed by atoms with E-state index in [0.717, 1.165) is 17.7 Å². The second-order valence-corrected chi connectivity index (χ2v) is 7.74. The predicted octanol–water partition coefficient (Wildman–Crippen LogP) is 3.63. The molecule has 132 valence electrons. The number of carboxylic acids is 1. The molecular formula is C18H25NO4S. The zero-order valence-corrected chi connectivity index (χ0v) is 15.3. The summed E-state index contributed by atoms with van der Waals surface area (Å²) in [6.45, 7) is 6.08. The van der Waals surface area contributed by atoms with E-state index in [1.165, 1.54) is 4.90 Å². The first-order chi connectivity index (χ1) is 11.3. The number of amides is 1. The van der Waals surface area contributed by atoms with Gasteiger partial charge in [0.2, 0.25) is 0 Å². The van der Waals surface area contributed by atoms with Crippen molar-refractivity contribution in [1.82, 2.24) is 4.90 Å². The van der Waals surface area contributed by atoms with E-state index < -0.39 is 23.0 Å². The van der Waals surface area contributed by atoms with E-state index in [4.69, 9.17) is 4.74 Å². The van der Waals surface area contributed by atoms with Crippen LogP contribution in [0.3, 0.4) is 0 Å². The Balaban J connectivity index is 2.23. The van der Waals surface area contributed by atoms with Gasteiger partial charge in [0.15, 0.2) is 5.54 Å². The molecular weight excluding hydrogens is 326 g/mol. The van der Waals surface area contributed by atoms with Gasteiger partial charge in [0.1, 0.15) is 6.61 Å². The third-order valence-electron chi connectivity index (χ3n) is 4.86. The average molecular weight is 351 g/mol. The van der Waals surface area contributed by atoms with Gasteiger partial charge < -0.3 is 9.84 Å². The molecule has 24 heavy (non-hydrogen) atoms. The molecule has 1 aromatic carbocycles. The number of carbonyl (C=O) groups is 2. The summed E-state index contributed by atoms with van der Waals surface area (Å²) in [6.07, 6.45) is 0.172. The Morgan fingerprint density at radius 3 is 2.50 bits per heavy atom. The Morgan fingerprint density at radius 1 is 1.29 bits per heavy atom. The van der Waals surface area contributed by atoms with Gasteiger partial charge in [-0.15, -0.1) is 0 Å². The van der Waals surface area contributed by atoms with E-state index in [-0.39, 0.29) is 6.61 Å². The summed E-state index contributed by atoms with van der Waals surface area (Å²) in [5.41, 5.74) is -0.895. The van der Waals surface area contributed by atoms with E-state index in [1.807, 2.05) is 44.2 Å². The van der Waals surface area contributed by atoms with E-state index in [9.17, 15) is 14.7 Å². The number of nitrogens with zero attached hydrogens (tertiary/aromatic N) is 1. The average Bonchev–Trinajstić information content (AvgIpc) is 2.55. The minimum Gasteiger partial charge on any atom is -0.479 e. The molecule has 1 amide bonds. The van der Waals surface area contributed by atoms with Crippen LogP contribution in [0.2, 0.25) is 0 Å². The fraction of sp³-hybridized carbons (Fsp3) is 0.556. The van der Waals surface area contributed by atoms with Gasteiger partial charge in [-0.1, -0.05) is 44.2 Å². The molecule has 2 rings (SSSR count). The van der Waals surface area contributed by atoms with Crippen molar-refractivity contribution in [3.63, 3.8) is 0 Å². The normalized spacial score (nSPS) is 22.6. The number of likely N-dealkylation sites (N-methyl/N-ethyl adjacent to an activating group) is 1. The van der Waals surface area contributed by atoms with E-state index in [2.05, 4.69) is 0 Å². The van der Waals surface area contributed by atoms with Crippen LogP contribution in [0.4, 0.5) is 4.79 Å². The summed E-state index contributed by atoms with van der Waals surface area (Å²) in [6, 6.07) is 9.39. The van der Waals surface area contributed by atoms with Gasteiger partial charge >= 0.3 is 12.1 Å². The van der Waals surface area contributed by atoms with Gasteiger partial charge in [-0.05, 0) is 24.7 Å². The van der Waals surface area contributed by atoms with Crippen LogP contribution in [-0.2, 0) is 16.1 Å². The van der Waals surface area contributed by atoms with Crippen molar-refractivity contribution in [2.24, 2.45) is 5.41 Å². The lowest BCUT2D eigenvalue weighted by Gasteiger charge is -2.51. The minimum atomic E-state index is -1.25. The molecule has 1 aliphatic heterocycles. The summed E-state index contributed by atoms with van der Waals surface area (Å²) >= 11 is 1.58. The zero-order valence-electron chi connectivity index (χ0n) is 14.4. The molecule has 1 saturated heterocycles. The van der Waals surface area contributed by atoms with Crippen LogP contribution in [0.1, 0.15) is 32.8 Å². The number of ether oxygens (including phenoxy) is 1. The Bertz CT molecular complexity index is 590. The van der Waals surface area contributed by atoms with Gasteiger partial charge in [0.05, 0.1) is 0 Å². The van der Waals surface area contributed by atoms with E-state index in [0.29, 0.717) is 12.3 Å². The Kier molecular flexibility index (Phi) is 5.80. The topological polar surface area (TPSA) is 66.8 Å². The molecule has 1 fully saturated rings. The predicted molar refractivity (Wildman–Crippen MR) is 95.1 cm³/mol. The van der Waals surface area contributed by atoms with Gasteiger partial charge in [-0.3, -0.25) is 4.90 Å². The molecule has 5 nitrogen and oxygen atoms in total. The highest BCUT2D eigenvalue weighted by Gasteiger charge is 2.58. The first-order valence-electron chi connectivity index (χ1n) is 8.14.